The predicted octanol–water partition coefficient (Wildman–Crippen LogP) is 3.30. The number of thiophene rings is 1. The van der Waals surface area contributed by atoms with Gasteiger partial charge in [-0.25, -0.2) is 4.98 Å². The number of hydrogen-bond acceptors (Lipinski definition) is 3. The zero-order valence-electron chi connectivity index (χ0n) is 7.99. The highest BCUT2D eigenvalue weighted by Crippen LogP contribution is 2.26. The Bertz CT molecular complexity index is 461. The minimum absolute atomic E-state index is 0.646. The Labute approximate surface area is 86.9 Å². The van der Waals surface area contributed by atoms with Crippen molar-refractivity contribution in [1.29, 1.82) is 0 Å². The van der Waals surface area contributed by atoms with Gasteiger partial charge in [0.1, 0.15) is 10.6 Å². The Morgan fingerprint density at radius 3 is 3.21 bits per heavy atom. The average molecular weight is 205 g/mol. The molecule has 2 aromatic heterocycles. The highest BCUT2D eigenvalue weighted by atomic mass is 32.1. The fraction of sp³-hybridized carbons (Fsp3) is 0.182. The molecule has 2 nitrogen and oxygen atoms in total. The van der Waals surface area contributed by atoms with Gasteiger partial charge in [-0.05, 0) is 24.4 Å². The van der Waals surface area contributed by atoms with Crippen LogP contribution in [0.2, 0.25) is 0 Å². The Morgan fingerprint density at radius 1 is 1.57 bits per heavy atom. The van der Waals surface area contributed by atoms with Crippen LogP contribution >= 0.6 is 11.3 Å². The summed E-state index contributed by atoms with van der Waals surface area (Å²) in [5.41, 5.74) is 1.04. The molecule has 0 fully saturated rings. The Hall–Kier alpha value is -1.35. The van der Waals surface area contributed by atoms with Crippen molar-refractivity contribution in [3.63, 3.8) is 0 Å². The van der Waals surface area contributed by atoms with Crippen molar-refractivity contribution < 1.29 is 4.74 Å². The zero-order valence-corrected chi connectivity index (χ0v) is 8.80. The van der Waals surface area contributed by atoms with Crippen molar-refractivity contribution in [2.45, 2.75) is 6.92 Å². The summed E-state index contributed by atoms with van der Waals surface area (Å²) in [7, 11) is 0. The molecule has 0 unspecified atom stereocenters. The summed E-state index contributed by atoms with van der Waals surface area (Å²) in [6.07, 6.45) is 1.79. The summed E-state index contributed by atoms with van der Waals surface area (Å²) in [6, 6.07) is 3.99. The van der Waals surface area contributed by atoms with Crippen LogP contribution < -0.4 is 0 Å². The highest BCUT2D eigenvalue weighted by Gasteiger charge is 2.06. The SMILES string of the molecule is C=C(OCC)c1ccnc2sccc12. The van der Waals surface area contributed by atoms with Crippen LogP contribution in [0.4, 0.5) is 0 Å². The first kappa shape index (κ1) is 9.21. The molecule has 2 rings (SSSR count). The smallest absolute Gasteiger partial charge is 0.123 e. The molecular formula is C11H11NOS. The van der Waals surface area contributed by atoms with Crippen LogP contribution in [-0.2, 0) is 4.74 Å². The molecule has 72 valence electrons. The number of pyridine rings is 1. The number of ether oxygens (including phenoxy) is 1. The van der Waals surface area contributed by atoms with Gasteiger partial charge in [-0.15, -0.1) is 11.3 Å². The van der Waals surface area contributed by atoms with Crippen molar-refractivity contribution >= 4 is 27.3 Å². The van der Waals surface area contributed by atoms with Crippen molar-refractivity contribution in [2.24, 2.45) is 0 Å². The van der Waals surface area contributed by atoms with E-state index < -0.39 is 0 Å². The molecule has 0 radical (unpaired) electrons. The van der Waals surface area contributed by atoms with E-state index in [4.69, 9.17) is 4.74 Å². The normalized spacial score (nSPS) is 10.4. The van der Waals surface area contributed by atoms with Gasteiger partial charge in [0, 0.05) is 17.1 Å². The van der Waals surface area contributed by atoms with Gasteiger partial charge in [0.05, 0.1) is 6.61 Å². The van der Waals surface area contributed by atoms with Crippen molar-refractivity contribution in [1.82, 2.24) is 4.98 Å². The van der Waals surface area contributed by atoms with Crippen LogP contribution in [0.15, 0.2) is 30.3 Å². The largest absolute Gasteiger partial charge is 0.494 e. The van der Waals surface area contributed by atoms with Crippen molar-refractivity contribution in [3.05, 3.63) is 35.9 Å². The van der Waals surface area contributed by atoms with Gasteiger partial charge in [-0.3, -0.25) is 0 Å². The van der Waals surface area contributed by atoms with E-state index in [-0.39, 0.29) is 0 Å². The van der Waals surface area contributed by atoms with Crippen molar-refractivity contribution in [2.75, 3.05) is 6.61 Å². The van der Waals surface area contributed by atoms with Gasteiger partial charge < -0.3 is 4.74 Å². The number of fused-ring (bicyclic) bond motifs is 1. The molecular weight excluding hydrogens is 194 g/mol. The second-order valence-electron chi connectivity index (χ2n) is 2.85. The molecule has 0 spiro atoms. The Kier molecular flexibility index (Phi) is 2.50. The quantitative estimate of drug-likeness (QED) is 0.717. The van der Waals surface area contributed by atoms with E-state index in [1.54, 1.807) is 17.5 Å². The molecule has 0 aliphatic heterocycles. The number of hydrogen-bond donors (Lipinski definition) is 0. The van der Waals surface area contributed by atoms with Crippen LogP contribution in [0.1, 0.15) is 12.5 Å². The Balaban J connectivity index is 2.50. The summed E-state index contributed by atoms with van der Waals surface area (Å²) in [6.45, 7) is 6.50. The number of nitrogens with zero attached hydrogens (tertiary/aromatic N) is 1. The second kappa shape index (κ2) is 3.80. The maximum atomic E-state index is 5.39. The second-order valence-corrected chi connectivity index (χ2v) is 3.75. The molecule has 0 aromatic carbocycles. The van der Waals surface area contributed by atoms with Gasteiger partial charge in [-0.1, -0.05) is 6.58 Å². The average Bonchev–Trinajstić information content (AvgIpc) is 2.65. The molecule has 14 heavy (non-hydrogen) atoms. The number of rotatable bonds is 3. The molecule has 2 heterocycles. The lowest BCUT2D eigenvalue weighted by molar-refractivity contribution is 0.299. The zero-order chi connectivity index (χ0) is 9.97. The molecule has 0 N–H and O–H groups in total. The van der Waals surface area contributed by atoms with Crippen LogP contribution in [0.3, 0.4) is 0 Å². The summed E-state index contributed by atoms with van der Waals surface area (Å²) < 4.78 is 5.39. The van der Waals surface area contributed by atoms with Crippen LogP contribution in [0.25, 0.3) is 16.0 Å². The van der Waals surface area contributed by atoms with Gasteiger partial charge in [0.25, 0.3) is 0 Å². The fourth-order valence-corrected chi connectivity index (χ4v) is 2.13. The molecule has 3 heteroatoms. The molecule has 2 aromatic rings. The van der Waals surface area contributed by atoms with Gasteiger partial charge in [0.15, 0.2) is 0 Å². The minimum atomic E-state index is 0.646. The molecule has 0 atom stereocenters. The van der Waals surface area contributed by atoms with E-state index in [0.29, 0.717) is 6.61 Å². The Morgan fingerprint density at radius 2 is 2.43 bits per heavy atom. The first-order chi connectivity index (χ1) is 6.83. The van der Waals surface area contributed by atoms with E-state index >= 15 is 0 Å². The lowest BCUT2D eigenvalue weighted by atomic mass is 10.1. The van der Waals surface area contributed by atoms with E-state index in [1.807, 2.05) is 24.4 Å². The predicted molar refractivity (Wildman–Crippen MR) is 60.3 cm³/mol. The standard InChI is InChI=1S/C11H11NOS/c1-3-13-8(2)9-4-6-12-11-10(9)5-7-14-11/h4-7H,2-3H2,1H3. The molecule has 0 aliphatic rings. The van der Waals surface area contributed by atoms with Gasteiger partial charge in [0.2, 0.25) is 0 Å². The van der Waals surface area contributed by atoms with Crippen molar-refractivity contribution in [3.8, 4) is 0 Å². The maximum absolute atomic E-state index is 5.39. The maximum Gasteiger partial charge on any atom is 0.123 e. The van der Waals surface area contributed by atoms with E-state index in [2.05, 4.69) is 11.6 Å². The molecule has 0 bridgehead atoms. The summed E-state index contributed by atoms with van der Waals surface area (Å²) >= 11 is 1.63. The topological polar surface area (TPSA) is 22.1 Å². The summed E-state index contributed by atoms with van der Waals surface area (Å²) in [5, 5.41) is 3.15. The van der Waals surface area contributed by atoms with Crippen LogP contribution in [-0.4, -0.2) is 11.6 Å². The minimum Gasteiger partial charge on any atom is -0.494 e. The summed E-state index contributed by atoms with van der Waals surface area (Å²) in [4.78, 5) is 5.30. The lowest BCUT2D eigenvalue weighted by Gasteiger charge is -2.07. The van der Waals surface area contributed by atoms with E-state index in [1.165, 1.54) is 0 Å². The lowest BCUT2D eigenvalue weighted by Crippen LogP contribution is -1.90. The molecule has 0 saturated carbocycles. The first-order valence-electron chi connectivity index (χ1n) is 4.47. The monoisotopic (exact) mass is 205 g/mol. The van der Waals surface area contributed by atoms with Gasteiger partial charge in [-0.2, -0.15) is 0 Å². The highest BCUT2D eigenvalue weighted by molar-refractivity contribution is 7.16. The van der Waals surface area contributed by atoms with Gasteiger partial charge >= 0.3 is 0 Å². The third-order valence-electron chi connectivity index (χ3n) is 1.99. The first-order valence-corrected chi connectivity index (χ1v) is 5.35. The number of aromatic nitrogens is 1. The third-order valence-corrected chi connectivity index (χ3v) is 2.81. The molecule has 0 amide bonds. The van der Waals surface area contributed by atoms with Crippen LogP contribution in [0.5, 0.6) is 0 Å². The molecule has 0 saturated heterocycles. The van der Waals surface area contributed by atoms with E-state index in [9.17, 15) is 0 Å². The summed E-state index contributed by atoms with van der Waals surface area (Å²) in [5.74, 6) is 0.721. The van der Waals surface area contributed by atoms with Crippen LogP contribution in [0, 0.1) is 0 Å². The van der Waals surface area contributed by atoms with E-state index in [0.717, 1.165) is 21.5 Å². The molecule has 0 aliphatic carbocycles. The third kappa shape index (κ3) is 1.51. The fourth-order valence-electron chi connectivity index (χ4n) is 1.37.